The minimum Gasteiger partial charge on any atom is -0.457 e. The number of carbonyl (C=O) groups excluding carboxylic acids is 1. The van der Waals surface area contributed by atoms with Gasteiger partial charge in [-0.1, -0.05) is 126 Å². The second kappa shape index (κ2) is 37.9. The van der Waals surface area contributed by atoms with E-state index >= 15 is 0 Å². The van der Waals surface area contributed by atoms with Crippen LogP contribution in [-0.4, -0.2) is 66.3 Å². The van der Waals surface area contributed by atoms with Crippen molar-refractivity contribution in [3.05, 3.63) is 60.8 Å². The zero-order valence-electron chi connectivity index (χ0n) is 32.1. The molecule has 0 saturated carbocycles. The lowest BCUT2D eigenvalue weighted by atomic mass is 10.1. The van der Waals surface area contributed by atoms with Crippen LogP contribution in [0.5, 0.6) is 0 Å². The predicted octanol–water partition coefficient (Wildman–Crippen LogP) is 10.4. The van der Waals surface area contributed by atoms with Crippen molar-refractivity contribution in [2.45, 2.75) is 161 Å². The van der Waals surface area contributed by atoms with Crippen molar-refractivity contribution in [3.63, 3.8) is 0 Å². The van der Waals surface area contributed by atoms with E-state index in [4.69, 9.17) is 23.6 Å². The molecule has 296 valence electrons. The molecule has 51 heavy (non-hydrogen) atoms. The van der Waals surface area contributed by atoms with Crippen LogP contribution in [0.2, 0.25) is 0 Å². The molecule has 0 aliphatic heterocycles. The summed E-state index contributed by atoms with van der Waals surface area (Å²) in [6.45, 7) is 3.30. The topological polar surface area (TPSA) is 132 Å². The fraction of sp³-hybridized carbons (Fsp3) is 0.732. The summed E-state index contributed by atoms with van der Waals surface area (Å²) in [5.41, 5.74) is 0. The molecule has 0 rings (SSSR count). The predicted molar refractivity (Wildman–Crippen MR) is 210 cm³/mol. The quantitative estimate of drug-likeness (QED) is 0.0246. The van der Waals surface area contributed by atoms with Gasteiger partial charge in [-0.25, -0.2) is 4.57 Å². The molecule has 0 bridgehead atoms. The number of phosphoric acid groups is 1. The van der Waals surface area contributed by atoms with Crippen molar-refractivity contribution in [2.75, 3.05) is 33.0 Å². The Hall–Kier alpha value is -1.84. The number of ether oxygens (including phenoxy) is 2. The Balaban J connectivity index is 4.28. The van der Waals surface area contributed by atoms with Crippen LogP contribution in [-0.2, 0) is 27.9 Å². The molecule has 0 aromatic rings. The molecule has 0 heterocycles. The molecule has 3 atom stereocenters. The molecule has 10 heteroatoms. The van der Waals surface area contributed by atoms with Crippen molar-refractivity contribution < 1.29 is 43.0 Å². The Labute approximate surface area is 310 Å². The van der Waals surface area contributed by atoms with Crippen LogP contribution in [0.4, 0.5) is 0 Å². The molecule has 0 aliphatic rings. The molecule has 3 unspecified atom stereocenters. The van der Waals surface area contributed by atoms with Gasteiger partial charge in [0.1, 0.15) is 12.2 Å². The summed E-state index contributed by atoms with van der Waals surface area (Å²) in [5, 5.41) is 18.3. The van der Waals surface area contributed by atoms with Crippen LogP contribution in [0.1, 0.15) is 149 Å². The van der Waals surface area contributed by atoms with Crippen LogP contribution >= 0.6 is 7.82 Å². The smallest absolute Gasteiger partial charge is 0.457 e. The number of hydrogen-bond donors (Lipinski definition) is 3. The minimum absolute atomic E-state index is 0.0273. The largest absolute Gasteiger partial charge is 0.472 e. The van der Waals surface area contributed by atoms with Gasteiger partial charge < -0.3 is 24.6 Å². The van der Waals surface area contributed by atoms with Gasteiger partial charge in [0, 0.05) is 13.0 Å². The molecule has 0 aliphatic carbocycles. The van der Waals surface area contributed by atoms with Gasteiger partial charge in [-0.3, -0.25) is 13.8 Å². The van der Waals surface area contributed by atoms with E-state index in [1.54, 1.807) is 0 Å². The van der Waals surface area contributed by atoms with Gasteiger partial charge in [0.25, 0.3) is 0 Å². The maximum absolute atomic E-state index is 12.5. The monoisotopic (exact) mass is 740 g/mol. The number of unbranched alkanes of at least 4 members (excludes halogenated alkanes) is 13. The first-order valence-corrected chi connectivity index (χ1v) is 21.3. The number of esters is 1. The van der Waals surface area contributed by atoms with Crippen LogP contribution in [0.3, 0.4) is 0 Å². The highest BCUT2D eigenvalue weighted by Crippen LogP contribution is 2.43. The Morgan fingerprint density at radius 1 is 0.627 bits per heavy atom. The number of phosphoric ester groups is 1. The Morgan fingerprint density at radius 2 is 1.12 bits per heavy atom. The first-order chi connectivity index (χ1) is 24.8. The molecule has 0 saturated heterocycles. The van der Waals surface area contributed by atoms with Crippen LogP contribution in [0, 0.1) is 0 Å². The molecule has 0 fully saturated rings. The van der Waals surface area contributed by atoms with Crippen molar-refractivity contribution in [2.24, 2.45) is 0 Å². The highest BCUT2D eigenvalue weighted by atomic mass is 31.2. The van der Waals surface area contributed by atoms with Crippen LogP contribution in [0.25, 0.3) is 0 Å². The third kappa shape index (κ3) is 37.7. The fourth-order valence-corrected chi connectivity index (χ4v) is 5.72. The van der Waals surface area contributed by atoms with E-state index in [1.165, 1.54) is 51.4 Å². The van der Waals surface area contributed by atoms with Gasteiger partial charge >= 0.3 is 13.8 Å². The normalized spacial score (nSPS) is 14.8. The van der Waals surface area contributed by atoms with E-state index in [1.807, 2.05) is 0 Å². The van der Waals surface area contributed by atoms with E-state index in [-0.39, 0.29) is 13.0 Å². The summed E-state index contributed by atoms with van der Waals surface area (Å²) in [4.78, 5) is 22.5. The van der Waals surface area contributed by atoms with Gasteiger partial charge in [-0.05, 0) is 77.0 Å². The molecule has 0 aromatic carbocycles. The van der Waals surface area contributed by atoms with Crippen LogP contribution in [0.15, 0.2) is 60.8 Å². The zero-order chi connectivity index (χ0) is 37.5. The number of carbonyl (C=O) groups is 1. The number of rotatable bonds is 37. The standard InChI is InChI=1S/C41H73O9P/c1-3-5-7-9-11-13-15-17-18-19-20-22-24-26-28-30-32-34-47-37-40(38-49-51(45,46)48-36-39(43)35-42)50-41(44)33-31-29-27-25-23-21-16-14-12-10-8-6-4-2/h6,8,12-15,18-19,21,23,39-40,42-43H,3-5,7,9-11,16-17,20,22,24-38H2,1-2H3,(H,45,46)/b8-6-,14-12-,15-13-,19-18-,23-21-. The van der Waals surface area contributed by atoms with Crippen molar-refractivity contribution in [1.29, 1.82) is 0 Å². The van der Waals surface area contributed by atoms with Crippen molar-refractivity contribution in [3.8, 4) is 0 Å². The Kier molecular flexibility index (Phi) is 36.5. The van der Waals surface area contributed by atoms with Crippen LogP contribution < -0.4 is 0 Å². The molecule has 0 spiro atoms. The number of hydrogen-bond acceptors (Lipinski definition) is 8. The van der Waals surface area contributed by atoms with Gasteiger partial charge in [0.05, 0.1) is 26.4 Å². The minimum atomic E-state index is -4.53. The highest BCUT2D eigenvalue weighted by molar-refractivity contribution is 7.47. The SMILES string of the molecule is CC/C=C\C/C=C\C/C=C\CCCCCC(=O)OC(COCCCCCCCC/C=C\C/C=C\CCCCCC)COP(=O)(O)OCC(O)CO. The second-order valence-corrected chi connectivity index (χ2v) is 14.4. The average molecular weight is 741 g/mol. The number of allylic oxidation sites excluding steroid dienone is 10. The van der Waals surface area contributed by atoms with Gasteiger partial charge in [0.2, 0.25) is 0 Å². The summed E-state index contributed by atoms with van der Waals surface area (Å²) < 4.78 is 33.2. The molecule has 0 aromatic heterocycles. The first-order valence-electron chi connectivity index (χ1n) is 19.8. The second-order valence-electron chi connectivity index (χ2n) is 12.9. The molecular weight excluding hydrogens is 667 g/mol. The lowest BCUT2D eigenvalue weighted by Gasteiger charge is -2.20. The van der Waals surface area contributed by atoms with E-state index in [0.29, 0.717) is 13.0 Å². The number of aliphatic hydroxyl groups excluding tert-OH is 2. The average Bonchev–Trinajstić information content (AvgIpc) is 3.12. The fourth-order valence-electron chi connectivity index (χ4n) is 4.93. The maximum Gasteiger partial charge on any atom is 0.472 e. The third-order valence-corrected chi connectivity index (χ3v) is 8.89. The molecule has 9 nitrogen and oxygen atoms in total. The van der Waals surface area contributed by atoms with E-state index in [0.717, 1.165) is 70.6 Å². The molecule has 3 N–H and O–H groups in total. The number of aliphatic hydroxyl groups is 2. The Morgan fingerprint density at radius 3 is 1.69 bits per heavy atom. The van der Waals surface area contributed by atoms with Gasteiger partial charge in [-0.2, -0.15) is 0 Å². The van der Waals surface area contributed by atoms with Crippen molar-refractivity contribution >= 4 is 13.8 Å². The molecule has 0 amide bonds. The first kappa shape index (κ1) is 49.2. The van der Waals surface area contributed by atoms with Gasteiger partial charge in [-0.15, -0.1) is 0 Å². The third-order valence-electron chi connectivity index (χ3n) is 7.94. The summed E-state index contributed by atoms with van der Waals surface area (Å²) >= 11 is 0. The Bertz CT molecular complexity index is 976. The summed E-state index contributed by atoms with van der Waals surface area (Å²) in [5.74, 6) is -0.418. The van der Waals surface area contributed by atoms with E-state index in [9.17, 15) is 19.4 Å². The van der Waals surface area contributed by atoms with Gasteiger partial charge in [0.15, 0.2) is 0 Å². The lowest BCUT2D eigenvalue weighted by Crippen LogP contribution is -2.29. The zero-order valence-corrected chi connectivity index (χ0v) is 32.9. The van der Waals surface area contributed by atoms with E-state index < -0.39 is 45.8 Å². The molecule has 0 radical (unpaired) electrons. The van der Waals surface area contributed by atoms with Crippen molar-refractivity contribution in [1.82, 2.24) is 0 Å². The summed E-state index contributed by atoms with van der Waals surface area (Å²) in [6.07, 6.45) is 41.8. The lowest BCUT2D eigenvalue weighted by molar-refractivity contribution is -0.154. The highest BCUT2D eigenvalue weighted by Gasteiger charge is 2.26. The maximum atomic E-state index is 12.5. The summed E-state index contributed by atoms with van der Waals surface area (Å²) in [7, 11) is -4.53. The van der Waals surface area contributed by atoms with E-state index in [2.05, 4.69) is 74.6 Å². The molecular formula is C41H73O9P. The summed E-state index contributed by atoms with van der Waals surface area (Å²) in [6, 6.07) is 0.